The van der Waals surface area contributed by atoms with Crippen LogP contribution < -0.4 is 19.1 Å². The van der Waals surface area contributed by atoms with E-state index in [-0.39, 0.29) is 4.90 Å². The summed E-state index contributed by atoms with van der Waals surface area (Å²) in [5, 5.41) is 0. The Balaban J connectivity index is 1.82. The fourth-order valence-corrected chi connectivity index (χ4v) is 3.90. The van der Waals surface area contributed by atoms with E-state index in [0.717, 1.165) is 18.8 Å². The van der Waals surface area contributed by atoms with E-state index in [1.54, 1.807) is 24.3 Å². The van der Waals surface area contributed by atoms with Crippen LogP contribution in [0.5, 0.6) is 11.5 Å². The molecule has 3 rings (SSSR count). The van der Waals surface area contributed by atoms with Crippen LogP contribution in [-0.2, 0) is 10.0 Å². The highest BCUT2D eigenvalue weighted by atomic mass is 35.5. The van der Waals surface area contributed by atoms with E-state index in [0.29, 0.717) is 29.7 Å². The molecule has 0 bridgehead atoms. The highest BCUT2D eigenvalue weighted by molar-refractivity contribution is 7.92. The number of nitrogens with zero attached hydrogens (tertiary/aromatic N) is 1. The SMILES string of the molecule is COc1ccc(S(=O)(=O)Nc2ccc3c(c2)OCCN3CCCl)cc1. The van der Waals surface area contributed by atoms with Gasteiger partial charge in [0, 0.05) is 18.5 Å². The topological polar surface area (TPSA) is 67.9 Å². The molecule has 6 nitrogen and oxygen atoms in total. The van der Waals surface area contributed by atoms with Crippen LogP contribution in [0.2, 0.25) is 0 Å². The summed E-state index contributed by atoms with van der Waals surface area (Å²) in [7, 11) is -2.15. The predicted molar refractivity (Wildman–Crippen MR) is 98.7 cm³/mol. The van der Waals surface area contributed by atoms with Gasteiger partial charge in [0.05, 0.1) is 29.9 Å². The third-order valence-corrected chi connectivity index (χ3v) is 5.46. The number of nitrogens with one attached hydrogen (secondary N) is 1. The first-order chi connectivity index (χ1) is 12.0. The lowest BCUT2D eigenvalue weighted by Gasteiger charge is -2.31. The first kappa shape index (κ1) is 17.7. The molecule has 0 atom stereocenters. The maximum atomic E-state index is 12.5. The normalized spacial score (nSPS) is 13.8. The fourth-order valence-electron chi connectivity index (χ4n) is 2.64. The minimum atomic E-state index is -3.68. The number of benzene rings is 2. The Labute approximate surface area is 152 Å². The van der Waals surface area contributed by atoms with Crippen LogP contribution in [0.25, 0.3) is 0 Å². The zero-order valence-electron chi connectivity index (χ0n) is 13.7. The molecule has 8 heteroatoms. The summed E-state index contributed by atoms with van der Waals surface area (Å²) in [5.41, 5.74) is 1.36. The summed E-state index contributed by atoms with van der Waals surface area (Å²) >= 11 is 5.83. The van der Waals surface area contributed by atoms with Gasteiger partial charge in [0.2, 0.25) is 0 Å². The highest BCUT2D eigenvalue weighted by Crippen LogP contribution is 2.34. The molecule has 0 aromatic heterocycles. The third kappa shape index (κ3) is 3.93. The molecule has 0 spiro atoms. The van der Waals surface area contributed by atoms with E-state index < -0.39 is 10.0 Å². The van der Waals surface area contributed by atoms with Gasteiger partial charge in [0.25, 0.3) is 10.0 Å². The van der Waals surface area contributed by atoms with E-state index in [1.165, 1.54) is 19.2 Å². The maximum Gasteiger partial charge on any atom is 0.261 e. The fraction of sp³-hybridized carbons (Fsp3) is 0.294. The van der Waals surface area contributed by atoms with Gasteiger partial charge >= 0.3 is 0 Å². The van der Waals surface area contributed by atoms with Crippen molar-refractivity contribution in [3.05, 3.63) is 42.5 Å². The number of rotatable bonds is 6. The first-order valence-electron chi connectivity index (χ1n) is 7.78. The lowest BCUT2D eigenvalue weighted by Crippen LogP contribution is -2.34. The summed E-state index contributed by atoms with van der Waals surface area (Å²) in [4.78, 5) is 2.28. The number of sulfonamides is 1. The number of fused-ring (bicyclic) bond motifs is 1. The van der Waals surface area contributed by atoms with E-state index in [1.807, 2.05) is 6.07 Å². The van der Waals surface area contributed by atoms with Gasteiger partial charge in [-0.1, -0.05) is 0 Å². The van der Waals surface area contributed by atoms with Gasteiger partial charge in [-0.2, -0.15) is 0 Å². The Morgan fingerprint density at radius 2 is 2.00 bits per heavy atom. The zero-order chi connectivity index (χ0) is 17.9. The standard InChI is InChI=1S/C17H19ClN2O4S/c1-23-14-3-5-15(6-4-14)25(21,22)19-13-2-7-16-17(12-13)24-11-10-20(16)9-8-18/h2-7,12,19H,8-11H2,1H3. The molecule has 0 saturated carbocycles. The molecule has 0 unspecified atom stereocenters. The Kier molecular flexibility index (Phi) is 5.24. The Morgan fingerprint density at radius 1 is 1.24 bits per heavy atom. The van der Waals surface area contributed by atoms with Crippen molar-refractivity contribution in [2.45, 2.75) is 4.90 Å². The second-order valence-corrected chi connectivity index (χ2v) is 7.55. The number of anilines is 2. The summed E-state index contributed by atoms with van der Waals surface area (Å²) in [6, 6.07) is 11.5. The second kappa shape index (κ2) is 7.41. The maximum absolute atomic E-state index is 12.5. The monoisotopic (exact) mass is 382 g/mol. The van der Waals surface area contributed by atoms with Crippen LogP contribution in [0, 0.1) is 0 Å². The second-order valence-electron chi connectivity index (χ2n) is 5.49. The first-order valence-corrected chi connectivity index (χ1v) is 9.80. The summed E-state index contributed by atoms with van der Waals surface area (Å²) in [6.45, 7) is 2.02. The molecule has 2 aromatic carbocycles. The third-order valence-electron chi connectivity index (χ3n) is 3.90. The predicted octanol–water partition coefficient (Wildman–Crippen LogP) is 2.93. The number of alkyl halides is 1. The average molecular weight is 383 g/mol. The number of hydrogen-bond donors (Lipinski definition) is 1. The molecule has 2 aromatic rings. The molecule has 0 amide bonds. The number of hydrogen-bond acceptors (Lipinski definition) is 5. The Morgan fingerprint density at radius 3 is 2.68 bits per heavy atom. The van der Waals surface area contributed by atoms with Crippen molar-refractivity contribution in [3.63, 3.8) is 0 Å². The molecular formula is C17H19ClN2O4S. The molecule has 0 saturated heterocycles. The van der Waals surface area contributed by atoms with Gasteiger partial charge in [-0.05, 0) is 36.4 Å². The van der Waals surface area contributed by atoms with Crippen molar-refractivity contribution < 1.29 is 17.9 Å². The van der Waals surface area contributed by atoms with E-state index in [4.69, 9.17) is 21.1 Å². The molecule has 25 heavy (non-hydrogen) atoms. The van der Waals surface area contributed by atoms with Crippen LogP contribution in [0.4, 0.5) is 11.4 Å². The lowest BCUT2D eigenvalue weighted by molar-refractivity contribution is 0.309. The summed E-state index contributed by atoms with van der Waals surface area (Å²) < 4.78 is 38.3. The van der Waals surface area contributed by atoms with Crippen molar-refractivity contribution >= 4 is 33.0 Å². The van der Waals surface area contributed by atoms with Crippen molar-refractivity contribution in [1.29, 1.82) is 0 Å². The van der Waals surface area contributed by atoms with Gasteiger partial charge in [-0.15, -0.1) is 11.6 Å². The number of halogens is 1. The van der Waals surface area contributed by atoms with Crippen LogP contribution in [-0.4, -0.2) is 41.1 Å². The van der Waals surface area contributed by atoms with Crippen molar-refractivity contribution in [3.8, 4) is 11.5 Å². The molecule has 1 aliphatic heterocycles. The van der Waals surface area contributed by atoms with Crippen LogP contribution in [0.15, 0.2) is 47.4 Å². The van der Waals surface area contributed by atoms with E-state index in [2.05, 4.69) is 9.62 Å². The van der Waals surface area contributed by atoms with Crippen molar-refractivity contribution in [2.24, 2.45) is 0 Å². The largest absolute Gasteiger partial charge is 0.497 e. The molecule has 1 aliphatic rings. The van der Waals surface area contributed by atoms with Gasteiger partial charge in [0.15, 0.2) is 0 Å². The molecule has 0 radical (unpaired) electrons. The van der Waals surface area contributed by atoms with E-state index >= 15 is 0 Å². The molecule has 1 N–H and O–H groups in total. The average Bonchev–Trinajstić information content (AvgIpc) is 2.62. The van der Waals surface area contributed by atoms with Crippen LogP contribution in [0.1, 0.15) is 0 Å². The Hall–Kier alpha value is -2.12. The minimum absolute atomic E-state index is 0.163. The molecule has 0 aliphatic carbocycles. The van der Waals surface area contributed by atoms with Gasteiger partial charge in [-0.25, -0.2) is 8.42 Å². The number of ether oxygens (including phenoxy) is 2. The van der Waals surface area contributed by atoms with Crippen molar-refractivity contribution in [2.75, 3.05) is 42.3 Å². The van der Waals surface area contributed by atoms with E-state index in [9.17, 15) is 8.42 Å². The Bertz CT molecular complexity index is 840. The smallest absolute Gasteiger partial charge is 0.261 e. The summed E-state index contributed by atoms with van der Waals surface area (Å²) in [6.07, 6.45) is 0. The molecule has 0 fully saturated rings. The number of methoxy groups -OCH3 is 1. The molecule has 134 valence electrons. The zero-order valence-corrected chi connectivity index (χ0v) is 15.3. The highest BCUT2D eigenvalue weighted by Gasteiger charge is 2.20. The quantitative estimate of drug-likeness (QED) is 0.778. The van der Waals surface area contributed by atoms with Crippen LogP contribution >= 0.6 is 11.6 Å². The van der Waals surface area contributed by atoms with Gasteiger partial charge < -0.3 is 14.4 Å². The molecule has 1 heterocycles. The summed E-state index contributed by atoms with van der Waals surface area (Å²) in [5.74, 6) is 1.76. The van der Waals surface area contributed by atoms with Gasteiger partial charge in [-0.3, -0.25) is 4.72 Å². The lowest BCUT2D eigenvalue weighted by atomic mass is 10.2. The van der Waals surface area contributed by atoms with Crippen molar-refractivity contribution in [1.82, 2.24) is 0 Å². The van der Waals surface area contributed by atoms with Gasteiger partial charge in [0.1, 0.15) is 18.1 Å². The van der Waals surface area contributed by atoms with Crippen LogP contribution in [0.3, 0.4) is 0 Å². The molecular weight excluding hydrogens is 364 g/mol. The minimum Gasteiger partial charge on any atom is -0.497 e.